The van der Waals surface area contributed by atoms with Crippen LogP contribution in [0, 0.1) is 0 Å². The number of hydrogen-bond donors (Lipinski definition) is 1. The van der Waals surface area contributed by atoms with Gasteiger partial charge in [-0.25, -0.2) is 0 Å². The van der Waals surface area contributed by atoms with Crippen LogP contribution >= 0.6 is 0 Å². The van der Waals surface area contributed by atoms with Crippen LogP contribution in [0.5, 0.6) is 5.75 Å². The Bertz CT molecular complexity index is 505. The number of benzene rings is 1. The minimum atomic E-state index is 0.250. The topological polar surface area (TPSA) is 45.2 Å². The smallest absolute Gasteiger partial charge is 0.123 e. The first-order valence-corrected chi connectivity index (χ1v) is 9.72. The quantitative estimate of drug-likeness (QED) is 0.818. The molecule has 5 heteroatoms. The molecule has 3 rings (SSSR count). The van der Waals surface area contributed by atoms with E-state index >= 15 is 0 Å². The van der Waals surface area contributed by atoms with E-state index in [0.29, 0.717) is 6.61 Å². The van der Waals surface area contributed by atoms with Gasteiger partial charge in [0, 0.05) is 37.8 Å². The molecule has 0 spiro atoms. The lowest BCUT2D eigenvalue weighted by molar-refractivity contribution is 0.0321. The predicted octanol–water partition coefficient (Wildman–Crippen LogP) is 2.13. The van der Waals surface area contributed by atoms with E-state index in [-0.39, 0.29) is 12.6 Å². The Labute approximate surface area is 151 Å². The van der Waals surface area contributed by atoms with Gasteiger partial charge in [-0.15, -0.1) is 0 Å². The van der Waals surface area contributed by atoms with E-state index in [2.05, 4.69) is 28.0 Å². The molecule has 0 saturated carbocycles. The Morgan fingerprint density at radius 1 is 1.08 bits per heavy atom. The van der Waals surface area contributed by atoms with Gasteiger partial charge in [-0.05, 0) is 25.5 Å². The maximum atomic E-state index is 9.73. The monoisotopic (exact) mass is 348 g/mol. The van der Waals surface area contributed by atoms with Crippen molar-refractivity contribution in [3.63, 3.8) is 0 Å². The molecule has 1 N–H and O–H groups in total. The Hall–Kier alpha value is -1.14. The fourth-order valence-electron chi connectivity index (χ4n) is 3.76. The third-order valence-electron chi connectivity index (χ3n) is 5.32. The van der Waals surface area contributed by atoms with Gasteiger partial charge in [-0.2, -0.15) is 0 Å². The van der Waals surface area contributed by atoms with Gasteiger partial charge < -0.3 is 14.6 Å². The average Bonchev–Trinajstić information content (AvgIpc) is 2.89. The summed E-state index contributed by atoms with van der Waals surface area (Å²) in [4.78, 5) is 4.82. The predicted molar refractivity (Wildman–Crippen MR) is 98.9 cm³/mol. The third-order valence-corrected chi connectivity index (χ3v) is 5.32. The SMILES string of the molecule is OC[C@H]1CCCCCN1Cc1ccccc1OCCN1CCOCC1. The van der Waals surface area contributed by atoms with Crippen molar-refractivity contribution in [3.05, 3.63) is 29.8 Å². The number of likely N-dealkylation sites (tertiary alicyclic amines) is 1. The van der Waals surface area contributed by atoms with Crippen molar-refractivity contribution in [2.24, 2.45) is 0 Å². The number of ether oxygens (including phenoxy) is 2. The molecule has 0 radical (unpaired) electrons. The fraction of sp³-hybridized carbons (Fsp3) is 0.700. The number of para-hydroxylation sites is 1. The molecule has 0 aliphatic carbocycles. The van der Waals surface area contributed by atoms with Crippen LogP contribution in [0.25, 0.3) is 0 Å². The van der Waals surface area contributed by atoms with Crippen LogP contribution in [0.4, 0.5) is 0 Å². The highest BCUT2D eigenvalue weighted by Crippen LogP contribution is 2.24. The molecular weight excluding hydrogens is 316 g/mol. The van der Waals surface area contributed by atoms with Crippen LogP contribution in [-0.4, -0.2) is 73.6 Å². The van der Waals surface area contributed by atoms with Crippen molar-refractivity contribution >= 4 is 0 Å². The standard InChI is InChI=1S/C20H32N2O3/c23-17-19-7-2-1-5-9-22(19)16-18-6-3-4-8-20(18)25-15-12-21-10-13-24-14-11-21/h3-4,6,8,19,23H,1-2,5,7,9-17H2/t19-/m1/s1. The first kappa shape index (κ1) is 18.6. The highest BCUT2D eigenvalue weighted by atomic mass is 16.5. The zero-order valence-corrected chi connectivity index (χ0v) is 15.2. The van der Waals surface area contributed by atoms with Crippen LogP contribution < -0.4 is 4.74 Å². The summed E-state index contributed by atoms with van der Waals surface area (Å²) in [6, 6.07) is 8.63. The number of aliphatic hydroxyl groups is 1. The van der Waals surface area contributed by atoms with E-state index in [1.807, 2.05) is 6.07 Å². The third kappa shape index (κ3) is 5.68. The summed E-state index contributed by atoms with van der Waals surface area (Å²) in [6.45, 7) is 7.48. The second-order valence-electron chi connectivity index (χ2n) is 7.07. The molecule has 2 fully saturated rings. The number of hydrogen-bond acceptors (Lipinski definition) is 5. The summed E-state index contributed by atoms with van der Waals surface area (Å²) in [5.41, 5.74) is 1.23. The van der Waals surface area contributed by atoms with Gasteiger partial charge in [-0.1, -0.05) is 31.0 Å². The van der Waals surface area contributed by atoms with Crippen molar-refractivity contribution in [1.82, 2.24) is 9.80 Å². The molecule has 25 heavy (non-hydrogen) atoms. The molecule has 1 aromatic rings. The normalized spacial score (nSPS) is 23.3. The van der Waals surface area contributed by atoms with Gasteiger partial charge in [0.2, 0.25) is 0 Å². The molecule has 2 heterocycles. The van der Waals surface area contributed by atoms with Gasteiger partial charge in [0.15, 0.2) is 0 Å². The van der Waals surface area contributed by atoms with Crippen molar-refractivity contribution < 1.29 is 14.6 Å². The summed E-state index contributed by atoms with van der Waals surface area (Å²) in [5, 5.41) is 9.73. The largest absolute Gasteiger partial charge is 0.492 e. The lowest BCUT2D eigenvalue weighted by atomic mass is 10.1. The molecule has 2 aliphatic heterocycles. The summed E-state index contributed by atoms with van der Waals surface area (Å²) < 4.78 is 11.5. The number of morpholine rings is 1. The number of rotatable bonds is 7. The molecule has 1 atom stereocenters. The van der Waals surface area contributed by atoms with Crippen LogP contribution in [-0.2, 0) is 11.3 Å². The molecular formula is C20H32N2O3. The molecule has 2 saturated heterocycles. The van der Waals surface area contributed by atoms with Crippen molar-refractivity contribution in [3.8, 4) is 5.75 Å². The van der Waals surface area contributed by atoms with Gasteiger partial charge in [0.25, 0.3) is 0 Å². The van der Waals surface area contributed by atoms with E-state index in [4.69, 9.17) is 9.47 Å². The molecule has 1 aromatic carbocycles. The first-order valence-electron chi connectivity index (χ1n) is 9.72. The minimum Gasteiger partial charge on any atom is -0.492 e. The van der Waals surface area contributed by atoms with E-state index in [0.717, 1.165) is 58.1 Å². The lowest BCUT2D eigenvalue weighted by Crippen LogP contribution is -2.39. The van der Waals surface area contributed by atoms with E-state index in [1.165, 1.54) is 24.8 Å². The zero-order chi connectivity index (χ0) is 17.3. The molecule has 0 amide bonds. The maximum Gasteiger partial charge on any atom is 0.123 e. The second-order valence-corrected chi connectivity index (χ2v) is 7.07. The van der Waals surface area contributed by atoms with Crippen LogP contribution in [0.2, 0.25) is 0 Å². The van der Waals surface area contributed by atoms with Crippen LogP contribution in [0.15, 0.2) is 24.3 Å². The summed E-state index contributed by atoms with van der Waals surface area (Å²) in [6.07, 6.45) is 4.80. The number of nitrogens with zero attached hydrogens (tertiary/aromatic N) is 2. The van der Waals surface area contributed by atoms with E-state index < -0.39 is 0 Å². The lowest BCUT2D eigenvalue weighted by Gasteiger charge is -2.29. The van der Waals surface area contributed by atoms with E-state index in [9.17, 15) is 5.11 Å². The van der Waals surface area contributed by atoms with Crippen molar-refractivity contribution in [2.45, 2.75) is 38.3 Å². The average molecular weight is 348 g/mol. The van der Waals surface area contributed by atoms with Gasteiger partial charge >= 0.3 is 0 Å². The molecule has 140 valence electrons. The Morgan fingerprint density at radius 2 is 1.92 bits per heavy atom. The Balaban J connectivity index is 1.56. The number of aliphatic hydroxyl groups excluding tert-OH is 1. The van der Waals surface area contributed by atoms with Crippen LogP contribution in [0.1, 0.15) is 31.2 Å². The second kappa shape index (κ2) is 10.1. The van der Waals surface area contributed by atoms with Crippen LogP contribution in [0.3, 0.4) is 0 Å². The van der Waals surface area contributed by atoms with Gasteiger partial charge in [-0.3, -0.25) is 9.80 Å². The summed E-state index contributed by atoms with van der Waals surface area (Å²) in [7, 11) is 0. The summed E-state index contributed by atoms with van der Waals surface area (Å²) in [5.74, 6) is 0.983. The maximum absolute atomic E-state index is 9.73. The highest BCUT2D eigenvalue weighted by molar-refractivity contribution is 5.33. The van der Waals surface area contributed by atoms with Crippen molar-refractivity contribution in [1.29, 1.82) is 0 Å². The Morgan fingerprint density at radius 3 is 2.76 bits per heavy atom. The Kier molecular flexibility index (Phi) is 7.55. The molecule has 0 bridgehead atoms. The highest BCUT2D eigenvalue weighted by Gasteiger charge is 2.21. The molecule has 5 nitrogen and oxygen atoms in total. The van der Waals surface area contributed by atoms with E-state index in [1.54, 1.807) is 0 Å². The molecule has 0 unspecified atom stereocenters. The first-order chi connectivity index (χ1) is 12.4. The summed E-state index contributed by atoms with van der Waals surface area (Å²) >= 11 is 0. The molecule has 0 aromatic heterocycles. The van der Waals surface area contributed by atoms with Gasteiger partial charge in [0.05, 0.1) is 19.8 Å². The van der Waals surface area contributed by atoms with Gasteiger partial charge in [0.1, 0.15) is 12.4 Å². The fourth-order valence-corrected chi connectivity index (χ4v) is 3.76. The minimum absolute atomic E-state index is 0.250. The zero-order valence-electron chi connectivity index (χ0n) is 15.2. The molecule has 2 aliphatic rings. The van der Waals surface area contributed by atoms with Crippen molar-refractivity contribution in [2.75, 3.05) is 52.6 Å².